The van der Waals surface area contributed by atoms with Crippen molar-refractivity contribution in [2.75, 3.05) is 35.1 Å². The van der Waals surface area contributed by atoms with Crippen LogP contribution in [0, 0.1) is 6.92 Å². The van der Waals surface area contributed by atoms with Gasteiger partial charge in [0, 0.05) is 30.5 Å². The minimum atomic E-state index is -3.69. The number of sulfonamides is 1. The van der Waals surface area contributed by atoms with Crippen LogP contribution < -0.4 is 19.7 Å². The summed E-state index contributed by atoms with van der Waals surface area (Å²) >= 11 is 0. The third-order valence-electron chi connectivity index (χ3n) is 5.28. The van der Waals surface area contributed by atoms with E-state index in [1.165, 1.54) is 38.5 Å². The lowest BCUT2D eigenvalue weighted by Crippen LogP contribution is -2.30. The van der Waals surface area contributed by atoms with Gasteiger partial charge in [-0.1, -0.05) is 0 Å². The maximum atomic E-state index is 12.6. The van der Waals surface area contributed by atoms with Crippen LogP contribution in [-0.2, 0) is 10.0 Å². The van der Waals surface area contributed by atoms with Gasteiger partial charge in [0.2, 0.25) is 0 Å². The third kappa shape index (κ3) is 5.28. The Morgan fingerprint density at radius 2 is 1.56 bits per heavy atom. The van der Waals surface area contributed by atoms with E-state index in [0.717, 1.165) is 24.6 Å². The molecule has 4 rings (SSSR count). The van der Waals surface area contributed by atoms with E-state index in [1.54, 1.807) is 24.3 Å². The molecule has 0 saturated carbocycles. The van der Waals surface area contributed by atoms with E-state index in [0.29, 0.717) is 23.1 Å². The minimum absolute atomic E-state index is 0.169. The third-order valence-corrected chi connectivity index (χ3v) is 6.68. The summed E-state index contributed by atoms with van der Waals surface area (Å²) in [6.45, 7) is 3.91. The number of anilines is 4. The number of nitrogens with one attached hydrogen (secondary N) is 2. The molecule has 0 radical (unpaired) electrons. The van der Waals surface area contributed by atoms with E-state index < -0.39 is 10.0 Å². The van der Waals surface area contributed by atoms with Gasteiger partial charge in [0.1, 0.15) is 23.2 Å². The number of piperidine rings is 1. The fourth-order valence-corrected chi connectivity index (χ4v) is 4.70. The van der Waals surface area contributed by atoms with Crippen molar-refractivity contribution in [2.24, 2.45) is 0 Å². The summed E-state index contributed by atoms with van der Waals surface area (Å²) in [7, 11) is -2.15. The molecule has 2 N–H and O–H groups in total. The van der Waals surface area contributed by atoms with Crippen LogP contribution in [0.4, 0.5) is 23.0 Å². The number of hydrogen-bond donors (Lipinski definition) is 2. The second-order valence-corrected chi connectivity index (χ2v) is 9.37. The minimum Gasteiger partial charge on any atom is -0.497 e. The standard InChI is InChI=1S/C23H27N5O3S/c1-17-24-22(16-23(25-17)28-14-4-3-5-15-28)26-18-6-8-19(9-7-18)27-32(29,30)21-12-10-20(31-2)11-13-21/h6-13,16,27H,3-5,14-15H2,1-2H3,(H,24,25,26). The predicted octanol–water partition coefficient (Wildman–Crippen LogP) is 4.33. The van der Waals surface area contributed by atoms with E-state index in [1.807, 2.05) is 25.1 Å². The number of hydrogen-bond acceptors (Lipinski definition) is 7. The van der Waals surface area contributed by atoms with Crippen molar-refractivity contribution in [3.05, 3.63) is 60.4 Å². The second kappa shape index (κ2) is 9.44. The number of rotatable bonds is 7. The number of aromatic nitrogens is 2. The van der Waals surface area contributed by atoms with E-state index in [-0.39, 0.29) is 4.90 Å². The highest BCUT2D eigenvalue weighted by Gasteiger charge is 2.15. The van der Waals surface area contributed by atoms with Crippen molar-refractivity contribution in [3.8, 4) is 5.75 Å². The monoisotopic (exact) mass is 453 g/mol. The smallest absolute Gasteiger partial charge is 0.261 e. The Morgan fingerprint density at radius 3 is 2.22 bits per heavy atom. The molecule has 1 aromatic heterocycles. The zero-order valence-corrected chi connectivity index (χ0v) is 19.0. The van der Waals surface area contributed by atoms with E-state index in [9.17, 15) is 8.42 Å². The number of nitrogens with zero attached hydrogens (tertiary/aromatic N) is 3. The van der Waals surface area contributed by atoms with Crippen LogP contribution >= 0.6 is 0 Å². The van der Waals surface area contributed by atoms with Crippen LogP contribution in [0.15, 0.2) is 59.5 Å². The van der Waals surface area contributed by atoms with Crippen molar-refractivity contribution in [1.29, 1.82) is 0 Å². The second-order valence-electron chi connectivity index (χ2n) is 7.69. The SMILES string of the molecule is COc1ccc(S(=O)(=O)Nc2ccc(Nc3cc(N4CCCCC4)nc(C)n3)cc2)cc1. The average molecular weight is 454 g/mol. The first-order valence-electron chi connectivity index (χ1n) is 10.6. The van der Waals surface area contributed by atoms with E-state index in [2.05, 4.69) is 24.9 Å². The molecule has 0 atom stereocenters. The van der Waals surface area contributed by atoms with Crippen molar-refractivity contribution < 1.29 is 13.2 Å². The molecular formula is C23H27N5O3S. The van der Waals surface area contributed by atoms with E-state index >= 15 is 0 Å². The van der Waals surface area contributed by atoms with Crippen molar-refractivity contribution in [2.45, 2.75) is 31.1 Å². The fraction of sp³-hybridized carbons (Fsp3) is 0.304. The summed E-state index contributed by atoms with van der Waals surface area (Å²) in [6.07, 6.45) is 3.62. The molecule has 2 heterocycles. The highest BCUT2D eigenvalue weighted by molar-refractivity contribution is 7.92. The van der Waals surface area contributed by atoms with Gasteiger partial charge in [-0.25, -0.2) is 18.4 Å². The molecule has 1 aliphatic rings. The van der Waals surface area contributed by atoms with Crippen molar-refractivity contribution >= 4 is 33.0 Å². The molecule has 0 aliphatic carbocycles. The average Bonchev–Trinajstić information content (AvgIpc) is 2.80. The topological polar surface area (TPSA) is 96.5 Å². The van der Waals surface area contributed by atoms with Crippen LogP contribution in [0.5, 0.6) is 5.75 Å². The first kappa shape index (κ1) is 21.9. The summed E-state index contributed by atoms with van der Waals surface area (Å²) < 4.78 is 32.9. The summed E-state index contributed by atoms with van der Waals surface area (Å²) in [5.41, 5.74) is 1.28. The Morgan fingerprint density at radius 1 is 0.906 bits per heavy atom. The van der Waals surface area contributed by atoms with Gasteiger partial charge in [0.05, 0.1) is 12.0 Å². The van der Waals surface area contributed by atoms with Gasteiger partial charge < -0.3 is 15.0 Å². The van der Waals surface area contributed by atoms with Gasteiger partial charge >= 0.3 is 0 Å². The predicted molar refractivity (Wildman–Crippen MR) is 126 cm³/mol. The van der Waals surface area contributed by atoms with Gasteiger partial charge in [0.15, 0.2) is 0 Å². The Bertz CT molecular complexity index is 1160. The van der Waals surface area contributed by atoms with Gasteiger partial charge in [-0.15, -0.1) is 0 Å². The largest absolute Gasteiger partial charge is 0.497 e. The highest BCUT2D eigenvalue weighted by atomic mass is 32.2. The quantitative estimate of drug-likeness (QED) is 0.550. The van der Waals surface area contributed by atoms with Gasteiger partial charge in [-0.3, -0.25) is 4.72 Å². The maximum Gasteiger partial charge on any atom is 0.261 e. The lowest BCUT2D eigenvalue weighted by Gasteiger charge is -2.28. The number of methoxy groups -OCH3 is 1. The molecule has 1 fully saturated rings. The molecule has 0 amide bonds. The summed E-state index contributed by atoms with van der Waals surface area (Å²) in [4.78, 5) is 11.5. The van der Waals surface area contributed by atoms with Crippen LogP contribution in [-0.4, -0.2) is 38.6 Å². The van der Waals surface area contributed by atoms with E-state index in [4.69, 9.17) is 4.74 Å². The lowest BCUT2D eigenvalue weighted by atomic mass is 10.1. The zero-order chi connectivity index (χ0) is 22.6. The molecule has 1 aliphatic heterocycles. The lowest BCUT2D eigenvalue weighted by molar-refractivity contribution is 0.414. The molecule has 1 saturated heterocycles. The number of benzene rings is 2. The Kier molecular flexibility index (Phi) is 6.45. The van der Waals surface area contributed by atoms with Crippen LogP contribution in [0.2, 0.25) is 0 Å². The Balaban J connectivity index is 1.45. The van der Waals surface area contributed by atoms with Crippen molar-refractivity contribution in [3.63, 3.8) is 0 Å². The van der Waals surface area contributed by atoms with Crippen LogP contribution in [0.25, 0.3) is 0 Å². The molecule has 0 spiro atoms. The van der Waals surface area contributed by atoms with Crippen LogP contribution in [0.1, 0.15) is 25.1 Å². The molecule has 32 heavy (non-hydrogen) atoms. The molecule has 168 valence electrons. The Hall–Kier alpha value is -3.33. The fourth-order valence-electron chi connectivity index (χ4n) is 3.64. The summed E-state index contributed by atoms with van der Waals surface area (Å²) in [5, 5.41) is 3.29. The normalized spacial score (nSPS) is 14.1. The molecule has 9 heteroatoms. The van der Waals surface area contributed by atoms with Gasteiger partial charge in [-0.05, 0) is 74.7 Å². The number of ether oxygens (including phenoxy) is 1. The molecule has 0 unspecified atom stereocenters. The highest BCUT2D eigenvalue weighted by Crippen LogP contribution is 2.24. The molecule has 8 nitrogen and oxygen atoms in total. The molecular weight excluding hydrogens is 426 g/mol. The zero-order valence-electron chi connectivity index (χ0n) is 18.2. The van der Waals surface area contributed by atoms with Crippen molar-refractivity contribution in [1.82, 2.24) is 9.97 Å². The first-order valence-corrected chi connectivity index (χ1v) is 12.1. The molecule has 3 aromatic rings. The molecule has 0 bridgehead atoms. The van der Waals surface area contributed by atoms with Gasteiger partial charge in [0.25, 0.3) is 10.0 Å². The van der Waals surface area contributed by atoms with Crippen LogP contribution in [0.3, 0.4) is 0 Å². The summed E-state index contributed by atoms with van der Waals surface area (Å²) in [6, 6.07) is 15.2. The molecule has 2 aromatic carbocycles. The number of aryl methyl sites for hydroxylation is 1. The first-order chi connectivity index (χ1) is 15.4. The summed E-state index contributed by atoms with van der Waals surface area (Å²) in [5.74, 6) is 2.95. The maximum absolute atomic E-state index is 12.6. The Labute approximate surface area is 188 Å². The van der Waals surface area contributed by atoms with Gasteiger partial charge in [-0.2, -0.15) is 0 Å².